The Kier molecular flexibility index (Phi) is 4.90. The molecule has 0 bridgehead atoms. The number of hydrogen-bond acceptors (Lipinski definition) is 4. The van der Waals surface area contributed by atoms with Crippen LogP contribution in [0.3, 0.4) is 0 Å². The molecule has 0 amide bonds. The maximum Gasteiger partial charge on any atom is 0.135 e. The third kappa shape index (κ3) is 3.52. The number of rotatable bonds is 5. The third-order valence-corrected chi connectivity index (χ3v) is 3.87. The minimum atomic E-state index is -0.698. The summed E-state index contributed by atoms with van der Waals surface area (Å²) in [6.07, 6.45) is 0.841. The topological polar surface area (TPSA) is 54.6 Å². The van der Waals surface area contributed by atoms with Crippen molar-refractivity contribution in [3.63, 3.8) is 0 Å². The first kappa shape index (κ1) is 14.4. The Balaban J connectivity index is 2.07. The zero-order valence-corrected chi connectivity index (χ0v) is 13.4. The smallest absolute Gasteiger partial charge is 0.135 e. The summed E-state index contributed by atoms with van der Waals surface area (Å²) >= 11 is 6.86. The van der Waals surface area contributed by atoms with Crippen LogP contribution in [0.25, 0.3) is 0 Å². The van der Waals surface area contributed by atoms with Crippen molar-refractivity contribution in [1.29, 1.82) is 0 Å². The van der Waals surface area contributed by atoms with Crippen LogP contribution < -0.4 is 10.1 Å². The van der Waals surface area contributed by atoms with Crippen LogP contribution in [-0.4, -0.2) is 18.8 Å². The van der Waals surface area contributed by atoms with Crippen molar-refractivity contribution in [2.24, 2.45) is 0 Å². The predicted octanol–water partition coefficient (Wildman–Crippen LogP) is 3.96. The van der Waals surface area contributed by atoms with Crippen molar-refractivity contribution in [3.05, 3.63) is 45.2 Å². The SMILES string of the molecule is COc1cc(NCC(O)c2ccco2)c(Br)cc1Br. The number of benzene rings is 1. The Bertz CT molecular complexity index is 543. The molecule has 2 rings (SSSR count). The van der Waals surface area contributed by atoms with Crippen molar-refractivity contribution >= 4 is 37.5 Å². The molecule has 0 radical (unpaired) electrons. The zero-order valence-electron chi connectivity index (χ0n) is 10.2. The molecule has 0 aliphatic rings. The molecule has 4 nitrogen and oxygen atoms in total. The number of methoxy groups -OCH3 is 1. The van der Waals surface area contributed by atoms with E-state index in [-0.39, 0.29) is 0 Å². The van der Waals surface area contributed by atoms with Gasteiger partial charge in [0.15, 0.2) is 0 Å². The van der Waals surface area contributed by atoms with Crippen molar-refractivity contribution in [3.8, 4) is 5.75 Å². The number of ether oxygens (including phenoxy) is 1. The monoisotopic (exact) mass is 389 g/mol. The molecule has 0 saturated heterocycles. The summed E-state index contributed by atoms with van der Waals surface area (Å²) in [6, 6.07) is 7.23. The molecular weight excluding hydrogens is 378 g/mol. The zero-order chi connectivity index (χ0) is 13.8. The molecule has 0 saturated carbocycles. The number of furan rings is 1. The molecular formula is C13H13Br2NO3. The van der Waals surface area contributed by atoms with E-state index in [9.17, 15) is 5.11 Å². The fraction of sp³-hybridized carbons (Fsp3) is 0.231. The largest absolute Gasteiger partial charge is 0.495 e. The predicted molar refractivity (Wildman–Crippen MR) is 80.6 cm³/mol. The Morgan fingerprint density at radius 3 is 2.79 bits per heavy atom. The molecule has 0 aliphatic carbocycles. The molecule has 0 aliphatic heterocycles. The first-order chi connectivity index (χ1) is 9.11. The number of hydrogen-bond donors (Lipinski definition) is 2. The van der Waals surface area contributed by atoms with Crippen molar-refractivity contribution in [2.75, 3.05) is 19.0 Å². The molecule has 1 atom stereocenters. The number of nitrogens with one attached hydrogen (secondary N) is 1. The van der Waals surface area contributed by atoms with Gasteiger partial charge in [-0.05, 0) is 50.1 Å². The van der Waals surface area contributed by atoms with Gasteiger partial charge in [-0.2, -0.15) is 0 Å². The minimum Gasteiger partial charge on any atom is -0.495 e. The van der Waals surface area contributed by atoms with Gasteiger partial charge in [0.1, 0.15) is 17.6 Å². The lowest BCUT2D eigenvalue weighted by Gasteiger charge is -2.14. The highest BCUT2D eigenvalue weighted by Gasteiger charge is 2.12. The van der Waals surface area contributed by atoms with Gasteiger partial charge in [0.25, 0.3) is 0 Å². The van der Waals surface area contributed by atoms with E-state index in [1.807, 2.05) is 12.1 Å². The quantitative estimate of drug-likeness (QED) is 0.811. The van der Waals surface area contributed by atoms with Crippen LogP contribution in [0.2, 0.25) is 0 Å². The number of aliphatic hydroxyl groups excluding tert-OH is 1. The molecule has 1 aromatic heterocycles. The second-order valence-corrected chi connectivity index (χ2v) is 5.59. The molecule has 1 heterocycles. The number of aliphatic hydroxyl groups is 1. The molecule has 102 valence electrons. The Hall–Kier alpha value is -0.980. The van der Waals surface area contributed by atoms with Crippen molar-refractivity contribution in [1.82, 2.24) is 0 Å². The fourth-order valence-corrected chi connectivity index (χ4v) is 2.91. The maximum absolute atomic E-state index is 9.93. The fourth-order valence-electron chi connectivity index (χ4n) is 1.61. The maximum atomic E-state index is 9.93. The van der Waals surface area contributed by atoms with Gasteiger partial charge in [-0.3, -0.25) is 0 Å². The van der Waals surface area contributed by atoms with Crippen LogP contribution in [0.5, 0.6) is 5.75 Å². The highest BCUT2D eigenvalue weighted by molar-refractivity contribution is 9.11. The first-order valence-corrected chi connectivity index (χ1v) is 7.18. The molecule has 2 aromatic rings. The van der Waals surface area contributed by atoms with Crippen LogP contribution in [0, 0.1) is 0 Å². The van der Waals surface area contributed by atoms with E-state index in [2.05, 4.69) is 37.2 Å². The second kappa shape index (κ2) is 6.45. The number of anilines is 1. The number of halogens is 2. The van der Waals surface area contributed by atoms with E-state index in [1.165, 1.54) is 6.26 Å². The summed E-state index contributed by atoms with van der Waals surface area (Å²) in [7, 11) is 1.61. The van der Waals surface area contributed by atoms with Crippen LogP contribution in [0.1, 0.15) is 11.9 Å². The summed E-state index contributed by atoms with van der Waals surface area (Å²) in [4.78, 5) is 0. The first-order valence-electron chi connectivity index (χ1n) is 5.60. The minimum absolute atomic E-state index is 0.344. The average Bonchev–Trinajstić information content (AvgIpc) is 2.91. The molecule has 0 spiro atoms. The highest BCUT2D eigenvalue weighted by atomic mass is 79.9. The normalized spacial score (nSPS) is 12.2. The third-order valence-electron chi connectivity index (χ3n) is 2.60. The average molecular weight is 391 g/mol. The van der Waals surface area contributed by atoms with Crippen molar-refractivity contribution < 1.29 is 14.3 Å². The van der Waals surface area contributed by atoms with Crippen LogP contribution in [0.15, 0.2) is 43.9 Å². The summed E-state index contributed by atoms with van der Waals surface area (Å²) in [5.74, 6) is 1.26. The van der Waals surface area contributed by atoms with E-state index in [0.29, 0.717) is 12.3 Å². The molecule has 2 N–H and O–H groups in total. The van der Waals surface area contributed by atoms with E-state index >= 15 is 0 Å². The van der Waals surface area contributed by atoms with Gasteiger partial charge in [-0.25, -0.2) is 0 Å². The second-order valence-electron chi connectivity index (χ2n) is 3.88. The van der Waals surface area contributed by atoms with Gasteiger partial charge in [0.2, 0.25) is 0 Å². The lowest BCUT2D eigenvalue weighted by atomic mass is 10.2. The van der Waals surface area contributed by atoms with E-state index in [4.69, 9.17) is 9.15 Å². The molecule has 0 fully saturated rings. The molecule has 6 heteroatoms. The van der Waals surface area contributed by atoms with Crippen LogP contribution >= 0.6 is 31.9 Å². The van der Waals surface area contributed by atoms with Gasteiger partial charge < -0.3 is 19.6 Å². The van der Waals surface area contributed by atoms with Gasteiger partial charge in [-0.1, -0.05) is 0 Å². The lowest BCUT2D eigenvalue weighted by molar-refractivity contribution is 0.162. The molecule has 1 aromatic carbocycles. The van der Waals surface area contributed by atoms with Gasteiger partial charge in [0.05, 0.1) is 23.5 Å². The Morgan fingerprint density at radius 2 is 2.16 bits per heavy atom. The standard InChI is InChI=1S/C13H13Br2NO3/c1-18-13-6-10(8(14)5-9(13)15)16-7-11(17)12-3-2-4-19-12/h2-6,11,16-17H,7H2,1H3. The van der Waals surface area contributed by atoms with E-state index in [1.54, 1.807) is 19.2 Å². The summed E-state index contributed by atoms with van der Waals surface area (Å²) in [6.45, 7) is 0.344. The summed E-state index contributed by atoms with van der Waals surface area (Å²) in [5.41, 5.74) is 0.839. The van der Waals surface area contributed by atoms with E-state index < -0.39 is 6.10 Å². The Labute approximate surface area is 128 Å². The highest BCUT2D eigenvalue weighted by Crippen LogP contribution is 2.34. The summed E-state index contributed by atoms with van der Waals surface area (Å²) in [5, 5.41) is 13.1. The van der Waals surface area contributed by atoms with Crippen LogP contribution in [0.4, 0.5) is 5.69 Å². The van der Waals surface area contributed by atoms with Gasteiger partial charge >= 0.3 is 0 Å². The van der Waals surface area contributed by atoms with Crippen LogP contribution in [-0.2, 0) is 0 Å². The summed E-state index contributed by atoms with van der Waals surface area (Å²) < 4.78 is 12.1. The lowest BCUT2D eigenvalue weighted by Crippen LogP contribution is -2.11. The molecule has 1 unspecified atom stereocenters. The van der Waals surface area contributed by atoms with Crippen molar-refractivity contribution in [2.45, 2.75) is 6.10 Å². The van der Waals surface area contributed by atoms with E-state index in [0.717, 1.165) is 20.4 Å². The Morgan fingerprint density at radius 1 is 1.37 bits per heavy atom. The van der Waals surface area contributed by atoms with Gasteiger partial charge in [-0.15, -0.1) is 0 Å². The molecule has 19 heavy (non-hydrogen) atoms. The van der Waals surface area contributed by atoms with Gasteiger partial charge in [0, 0.05) is 17.1 Å².